The van der Waals surface area contributed by atoms with Crippen LogP contribution in [0.1, 0.15) is 104 Å². The van der Waals surface area contributed by atoms with Crippen molar-refractivity contribution in [1.82, 2.24) is 0 Å². The lowest BCUT2D eigenvalue weighted by Crippen LogP contribution is -2.06. The van der Waals surface area contributed by atoms with Crippen LogP contribution >= 0.6 is 0 Å². The van der Waals surface area contributed by atoms with Crippen molar-refractivity contribution >= 4 is 45.8 Å². The maximum absolute atomic E-state index is 4.16. The van der Waals surface area contributed by atoms with E-state index < -0.39 is 0 Å². The van der Waals surface area contributed by atoms with Gasteiger partial charge in [0.1, 0.15) is 0 Å². The summed E-state index contributed by atoms with van der Waals surface area (Å²) in [7, 11) is 0. The second kappa shape index (κ2) is 19.2. The predicted octanol–water partition coefficient (Wildman–Crippen LogP) is 16.4. The van der Waals surface area contributed by atoms with Gasteiger partial charge >= 0.3 is 0 Å². The lowest BCUT2D eigenvalue weighted by Gasteiger charge is -2.22. The molecule has 0 aliphatic carbocycles. The van der Waals surface area contributed by atoms with Gasteiger partial charge in [-0.25, -0.2) is 0 Å². The summed E-state index contributed by atoms with van der Waals surface area (Å²) in [6, 6.07) is 57.6. The van der Waals surface area contributed by atoms with Gasteiger partial charge < -0.3 is 0 Å². The quantitative estimate of drug-likeness (QED) is 0.0498. The van der Waals surface area contributed by atoms with Crippen molar-refractivity contribution < 1.29 is 0 Å². The minimum Gasteiger partial charge on any atom is -0.103 e. The minimum absolute atomic E-state index is 0.513. The molecule has 280 valence electrons. The van der Waals surface area contributed by atoms with Gasteiger partial charge in [0.05, 0.1) is 0 Å². The van der Waals surface area contributed by atoms with E-state index >= 15 is 0 Å². The van der Waals surface area contributed by atoms with Crippen molar-refractivity contribution in [2.75, 3.05) is 0 Å². The number of hydrogen-bond acceptors (Lipinski definition) is 0. The van der Waals surface area contributed by atoms with Gasteiger partial charge in [0, 0.05) is 0 Å². The third kappa shape index (κ3) is 9.55. The molecule has 56 heavy (non-hydrogen) atoms. The highest BCUT2D eigenvalue weighted by Crippen LogP contribution is 2.36. The summed E-state index contributed by atoms with van der Waals surface area (Å²) in [5, 5.41) is 5.06. The highest BCUT2D eigenvalue weighted by atomic mass is 14.2. The second-order valence-electron chi connectivity index (χ2n) is 15.5. The molecule has 0 amide bonds. The normalized spacial score (nSPS) is 13.4. The first-order valence-corrected chi connectivity index (χ1v) is 20.8. The first-order valence-electron chi connectivity index (χ1n) is 20.8. The Bertz CT molecular complexity index is 2300. The molecule has 3 atom stereocenters. The molecule has 0 nitrogen and oxygen atoms in total. The van der Waals surface area contributed by atoms with Crippen LogP contribution < -0.4 is 0 Å². The maximum atomic E-state index is 4.16. The van der Waals surface area contributed by atoms with Gasteiger partial charge in [-0.3, -0.25) is 0 Å². The van der Waals surface area contributed by atoms with Gasteiger partial charge in [-0.15, -0.1) is 6.58 Å². The molecule has 0 aromatic heterocycles. The number of allylic oxidation sites excluding steroid dienone is 1. The van der Waals surface area contributed by atoms with Crippen molar-refractivity contribution in [3.63, 3.8) is 0 Å². The molecule has 0 aliphatic heterocycles. The molecule has 0 fully saturated rings. The van der Waals surface area contributed by atoms with Crippen LogP contribution in [0.2, 0.25) is 0 Å². The summed E-state index contributed by atoms with van der Waals surface area (Å²) in [5.41, 5.74) is 10.3. The summed E-state index contributed by atoms with van der Waals surface area (Å²) in [6.07, 6.45) is 19.9. The first kappa shape index (κ1) is 38.6. The van der Waals surface area contributed by atoms with Crippen LogP contribution in [0, 0.1) is 5.92 Å². The van der Waals surface area contributed by atoms with Crippen molar-refractivity contribution in [3.05, 3.63) is 204 Å². The van der Waals surface area contributed by atoms with Crippen molar-refractivity contribution in [3.8, 4) is 11.1 Å². The molecule has 0 radical (unpaired) electrons. The van der Waals surface area contributed by atoms with E-state index in [0.29, 0.717) is 17.8 Å². The molecule has 0 saturated carbocycles. The SMILES string of the molecule is C=CC(CCCC)CCC(CCC(C)c1ccc(-c2ccc(/C=C/c3c4ccccc4c(/C=C/c4ccccc4)c4ccccc34)cc2)cc1)c1ccccc1. The minimum atomic E-state index is 0.513. The molecule has 0 aliphatic rings. The molecule has 3 unspecified atom stereocenters. The van der Waals surface area contributed by atoms with Crippen LogP contribution in [-0.4, -0.2) is 0 Å². The van der Waals surface area contributed by atoms with Crippen molar-refractivity contribution in [1.29, 1.82) is 0 Å². The Labute approximate surface area is 336 Å². The Hall–Kier alpha value is -5.72. The van der Waals surface area contributed by atoms with E-state index in [2.05, 4.69) is 209 Å². The van der Waals surface area contributed by atoms with Gasteiger partial charge in [-0.05, 0) is 116 Å². The molecule has 7 rings (SSSR count). The van der Waals surface area contributed by atoms with Crippen LogP contribution in [0.5, 0.6) is 0 Å². The molecule has 0 heterocycles. The Morgan fingerprint density at radius 3 is 1.43 bits per heavy atom. The lowest BCUT2D eigenvalue weighted by atomic mass is 9.83. The second-order valence-corrected chi connectivity index (χ2v) is 15.5. The molecule has 0 saturated heterocycles. The van der Waals surface area contributed by atoms with Crippen LogP contribution in [0.4, 0.5) is 0 Å². The molecule has 0 spiro atoms. The summed E-state index contributed by atoms with van der Waals surface area (Å²) in [6.45, 7) is 8.84. The van der Waals surface area contributed by atoms with Gasteiger partial charge in [0.25, 0.3) is 0 Å². The van der Waals surface area contributed by atoms with Crippen LogP contribution in [-0.2, 0) is 0 Å². The zero-order chi connectivity index (χ0) is 38.5. The van der Waals surface area contributed by atoms with Crippen LogP contribution in [0.25, 0.3) is 57.0 Å². The highest BCUT2D eigenvalue weighted by Gasteiger charge is 2.17. The molecule has 0 bridgehead atoms. The number of rotatable bonds is 17. The average molecular weight is 729 g/mol. The number of benzene rings is 7. The van der Waals surface area contributed by atoms with E-state index in [-0.39, 0.29) is 0 Å². The first-order chi connectivity index (χ1) is 27.6. The van der Waals surface area contributed by atoms with Crippen molar-refractivity contribution in [2.24, 2.45) is 5.92 Å². The monoisotopic (exact) mass is 728 g/mol. The summed E-state index contributed by atoms with van der Waals surface area (Å²) in [4.78, 5) is 0. The molecular formula is C56H56. The van der Waals surface area contributed by atoms with Gasteiger partial charge in [-0.1, -0.05) is 215 Å². The van der Waals surface area contributed by atoms with Gasteiger partial charge in [-0.2, -0.15) is 0 Å². The fourth-order valence-electron chi connectivity index (χ4n) is 8.35. The molecular weight excluding hydrogens is 673 g/mol. The summed E-state index contributed by atoms with van der Waals surface area (Å²) in [5.74, 6) is 1.73. The highest BCUT2D eigenvalue weighted by molar-refractivity contribution is 6.14. The zero-order valence-electron chi connectivity index (χ0n) is 33.3. The van der Waals surface area contributed by atoms with E-state index in [4.69, 9.17) is 0 Å². The lowest BCUT2D eigenvalue weighted by molar-refractivity contribution is 0.441. The number of hydrogen-bond donors (Lipinski definition) is 0. The molecule has 0 heteroatoms. The average Bonchev–Trinajstić information content (AvgIpc) is 3.26. The van der Waals surface area contributed by atoms with E-state index in [0.717, 1.165) is 0 Å². The largest absolute Gasteiger partial charge is 0.103 e. The smallest absolute Gasteiger partial charge is 0.00987 e. The third-order valence-electron chi connectivity index (χ3n) is 11.8. The Morgan fingerprint density at radius 2 is 0.911 bits per heavy atom. The molecule has 7 aromatic carbocycles. The van der Waals surface area contributed by atoms with Gasteiger partial charge in [0.15, 0.2) is 0 Å². The summed E-state index contributed by atoms with van der Waals surface area (Å²) < 4.78 is 0. The van der Waals surface area contributed by atoms with E-state index in [1.165, 1.54) is 111 Å². The van der Waals surface area contributed by atoms with E-state index in [1.54, 1.807) is 0 Å². The number of unbranched alkanes of at least 4 members (excludes halogenated alkanes) is 1. The maximum Gasteiger partial charge on any atom is -0.00987 e. The fraction of sp³-hybridized carbons (Fsp3) is 0.214. The van der Waals surface area contributed by atoms with Crippen LogP contribution in [0.15, 0.2) is 170 Å². The molecule has 7 aromatic rings. The summed E-state index contributed by atoms with van der Waals surface area (Å²) >= 11 is 0. The fourth-order valence-corrected chi connectivity index (χ4v) is 8.35. The Morgan fingerprint density at radius 1 is 0.446 bits per heavy atom. The molecule has 0 N–H and O–H groups in total. The topological polar surface area (TPSA) is 0 Å². The number of fused-ring (bicyclic) bond motifs is 2. The predicted molar refractivity (Wildman–Crippen MR) is 247 cm³/mol. The Kier molecular flexibility index (Phi) is 13.2. The van der Waals surface area contributed by atoms with E-state index in [9.17, 15) is 0 Å². The van der Waals surface area contributed by atoms with Crippen LogP contribution in [0.3, 0.4) is 0 Å². The third-order valence-corrected chi connectivity index (χ3v) is 11.8. The van der Waals surface area contributed by atoms with E-state index in [1.807, 2.05) is 0 Å². The van der Waals surface area contributed by atoms with Gasteiger partial charge in [0.2, 0.25) is 0 Å². The zero-order valence-corrected chi connectivity index (χ0v) is 33.3. The standard InChI is InChI=1S/C56H56/c1-4-6-17-43(5-2)27-33-48(47-20-11-8-12-21-47)32-26-42(3)46-36-38-50(39-37-46)49-34-28-45(29-35-49)31-41-56-53-24-15-13-22-51(53)55(52-23-14-16-25-54(52)56)40-30-44-18-9-7-10-19-44/h5,7-16,18-25,28-31,34-43,48H,2,4,6,17,26-27,32-33H2,1,3H3/b40-30+,41-31+. The Balaban J connectivity index is 1.04. The van der Waals surface area contributed by atoms with Crippen molar-refractivity contribution in [2.45, 2.75) is 70.6 Å².